The maximum absolute atomic E-state index is 5.94. The van der Waals surface area contributed by atoms with Gasteiger partial charge in [-0.05, 0) is 56.3 Å². The molecule has 0 aliphatic carbocycles. The van der Waals surface area contributed by atoms with E-state index in [1.165, 1.54) is 31.5 Å². The quantitative estimate of drug-likeness (QED) is 0.874. The lowest BCUT2D eigenvalue weighted by Gasteiger charge is -2.40. The van der Waals surface area contributed by atoms with Crippen LogP contribution in [0.4, 0.5) is 0 Å². The van der Waals surface area contributed by atoms with Crippen molar-refractivity contribution >= 4 is 11.8 Å². The van der Waals surface area contributed by atoms with Gasteiger partial charge in [-0.15, -0.1) is 0 Å². The van der Waals surface area contributed by atoms with E-state index >= 15 is 0 Å². The second-order valence-corrected chi connectivity index (χ2v) is 6.81. The summed E-state index contributed by atoms with van der Waals surface area (Å²) in [6.07, 6.45) is 5.74. The molecule has 4 heteroatoms. The van der Waals surface area contributed by atoms with Crippen LogP contribution in [0.2, 0.25) is 0 Å². The van der Waals surface area contributed by atoms with Gasteiger partial charge in [0.25, 0.3) is 0 Å². The monoisotopic (exact) mass is 294 g/mol. The molecule has 1 saturated heterocycles. The zero-order valence-electron chi connectivity index (χ0n) is 12.6. The minimum absolute atomic E-state index is 0.330. The van der Waals surface area contributed by atoms with Crippen LogP contribution in [0.25, 0.3) is 0 Å². The van der Waals surface area contributed by atoms with Crippen molar-refractivity contribution in [1.29, 1.82) is 0 Å². The van der Waals surface area contributed by atoms with Gasteiger partial charge in [-0.25, -0.2) is 0 Å². The first-order valence-electron chi connectivity index (χ1n) is 7.32. The molecule has 0 spiro atoms. The van der Waals surface area contributed by atoms with E-state index in [0.29, 0.717) is 4.75 Å². The number of nitrogens with zero attached hydrogens (tertiary/aromatic N) is 1. The minimum atomic E-state index is 0.330. The van der Waals surface area contributed by atoms with Crippen molar-refractivity contribution in [3.05, 3.63) is 29.8 Å². The number of hydrogen-bond donors (Lipinski definition) is 1. The topological polar surface area (TPSA) is 38.5 Å². The molecule has 3 nitrogen and oxygen atoms in total. The normalized spacial score (nSPS) is 18.9. The molecule has 0 bridgehead atoms. The molecule has 1 aromatic rings. The fourth-order valence-corrected chi connectivity index (χ4v) is 3.51. The van der Waals surface area contributed by atoms with E-state index in [4.69, 9.17) is 10.5 Å². The highest BCUT2D eigenvalue weighted by Gasteiger charge is 2.32. The highest BCUT2D eigenvalue weighted by molar-refractivity contribution is 8.00. The molecule has 0 aromatic heterocycles. The number of thioether (sulfide) groups is 1. The smallest absolute Gasteiger partial charge is 0.118 e. The molecule has 1 aromatic carbocycles. The van der Waals surface area contributed by atoms with Gasteiger partial charge in [0.05, 0.1) is 7.11 Å². The van der Waals surface area contributed by atoms with E-state index in [1.54, 1.807) is 7.11 Å². The van der Waals surface area contributed by atoms with E-state index in [-0.39, 0.29) is 0 Å². The molecule has 20 heavy (non-hydrogen) atoms. The summed E-state index contributed by atoms with van der Waals surface area (Å²) in [4.78, 5) is 2.56. The summed E-state index contributed by atoms with van der Waals surface area (Å²) in [6.45, 7) is 4.30. The molecule has 2 N–H and O–H groups in total. The van der Waals surface area contributed by atoms with E-state index in [1.807, 2.05) is 23.9 Å². The first kappa shape index (κ1) is 15.7. The first-order chi connectivity index (χ1) is 9.71. The average molecular weight is 294 g/mol. The summed E-state index contributed by atoms with van der Waals surface area (Å²) >= 11 is 1.95. The second kappa shape index (κ2) is 7.34. The Kier molecular flexibility index (Phi) is 5.75. The Morgan fingerprint density at radius 2 is 1.90 bits per heavy atom. The summed E-state index contributed by atoms with van der Waals surface area (Å²) < 4.78 is 5.52. The summed E-state index contributed by atoms with van der Waals surface area (Å²) in [5, 5.41) is 0. The van der Waals surface area contributed by atoms with Crippen LogP contribution in [0, 0.1) is 0 Å². The lowest BCUT2D eigenvalue weighted by Crippen LogP contribution is -2.46. The van der Waals surface area contributed by atoms with E-state index in [0.717, 1.165) is 25.3 Å². The molecular weight excluding hydrogens is 268 g/mol. The lowest BCUT2D eigenvalue weighted by molar-refractivity contribution is 0.204. The standard InChI is InChI=1S/C16H26N2OS/c1-19-15-5-3-14(4-6-15)7-10-18-11-8-16(13-17,20-2)9-12-18/h3-6H,7-13,17H2,1-2H3. The Labute approximate surface area is 126 Å². The van der Waals surface area contributed by atoms with Crippen molar-refractivity contribution in [3.8, 4) is 5.75 Å². The van der Waals surface area contributed by atoms with E-state index < -0.39 is 0 Å². The Morgan fingerprint density at radius 3 is 2.40 bits per heavy atom. The van der Waals surface area contributed by atoms with Crippen LogP contribution in [-0.4, -0.2) is 49.2 Å². The SMILES string of the molecule is COc1ccc(CCN2CCC(CN)(SC)CC2)cc1. The molecule has 0 unspecified atom stereocenters. The third-order valence-corrected chi connectivity index (χ3v) is 5.89. The van der Waals surface area contributed by atoms with Gasteiger partial charge in [0, 0.05) is 17.8 Å². The van der Waals surface area contributed by atoms with Gasteiger partial charge < -0.3 is 15.4 Å². The maximum Gasteiger partial charge on any atom is 0.118 e. The number of methoxy groups -OCH3 is 1. The van der Waals surface area contributed by atoms with Crippen LogP contribution in [0.15, 0.2) is 24.3 Å². The van der Waals surface area contributed by atoms with E-state index in [2.05, 4.69) is 23.3 Å². The largest absolute Gasteiger partial charge is 0.497 e. The summed E-state index contributed by atoms with van der Waals surface area (Å²) in [6, 6.07) is 8.40. The van der Waals surface area contributed by atoms with Crippen molar-refractivity contribution in [3.63, 3.8) is 0 Å². The van der Waals surface area contributed by atoms with Gasteiger partial charge in [0.1, 0.15) is 5.75 Å². The number of ether oxygens (including phenoxy) is 1. The molecule has 0 amide bonds. The van der Waals surface area contributed by atoms with Crippen LogP contribution in [-0.2, 0) is 6.42 Å². The summed E-state index contributed by atoms with van der Waals surface area (Å²) in [5.41, 5.74) is 7.32. The Hall–Kier alpha value is -0.710. The molecule has 1 fully saturated rings. The Morgan fingerprint density at radius 1 is 1.25 bits per heavy atom. The van der Waals surface area contributed by atoms with E-state index in [9.17, 15) is 0 Å². The predicted molar refractivity (Wildman–Crippen MR) is 87.7 cm³/mol. The van der Waals surface area contributed by atoms with Crippen molar-refractivity contribution < 1.29 is 4.74 Å². The van der Waals surface area contributed by atoms with Gasteiger partial charge in [-0.1, -0.05) is 12.1 Å². The highest BCUT2D eigenvalue weighted by Crippen LogP contribution is 2.33. The second-order valence-electron chi connectivity index (χ2n) is 5.53. The number of piperidine rings is 1. The zero-order chi connectivity index (χ0) is 14.4. The molecular formula is C16H26N2OS. The lowest BCUT2D eigenvalue weighted by atomic mass is 9.95. The minimum Gasteiger partial charge on any atom is -0.497 e. The van der Waals surface area contributed by atoms with Crippen molar-refractivity contribution in [2.75, 3.05) is 39.5 Å². The zero-order valence-corrected chi connectivity index (χ0v) is 13.4. The summed E-state index contributed by atoms with van der Waals surface area (Å²) in [7, 11) is 1.71. The molecule has 1 aliphatic rings. The third kappa shape index (κ3) is 3.90. The predicted octanol–water partition coefficient (Wildman–Crippen LogP) is 2.39. The van der Waals surface area contributed by atoms with Crippen LogP contribution in [0.1, 0.15) is 18.4 Å². The number of hydrogen-bond acceptors (Lipinski definition) is 4. The number of rotatable bonds is 6. The summed E-state index contributed by atoms with van der Waals surface area (Å²) in [5.74, 6) is 0.930. The van der Waals surface area contributed by atoms with Gasteiger partial charge in [0.15, 0.2) is 0 Å². The number of likely N-dealkylation sites (tertiary alicyclic amines) is 1. The third-order valence-electron chi connectivity index (χ3n) is 4.45. The molecule has 0 saturated carbocycles. The molecule has 0 radical (unpaired) electrons. The fourth-order valence-electron chi connectivity index (χ4n) is 2.76. The van der Waals surface area contributed by atoms with Crippen LogP contribution in [0.5, 0.6) is 5.75 Å². The van der Waals surface area contributed by atoms with Gasteiger partial charge in [-0.3, -0.25) is 0 Å². The molecule has 0 atom stereocenters. The molecule has 1 aliphatic heterocycles. The van der Waals surface area contributed by atoms with Crippen LogP contribution >= 0.6 is 11.8 Å². The number of nitrogens with two attached hydrogens (primary N) is 1. The van der Waals surface area contributed by atoms with Gasteiger partial charge in [0.2, 0.25) is 0 Å². The maximum atomic E-state index is 5.94. The van der Waals surface area contributed by atoms with Crippen LogP contribution < -0.4 is 10.5 Å². The molecule has 112 valence electrons. The molecule has 2 rings (SSSR count). The van der Waals surface area contributed by atoms with Crippen molar-refractivity contribution in [1.82, 2.24) is 4.90 Å². The Balaban J connectivity index is 1.78. The van der Waals surface area contributed by atoms with Gasteiger partial charge >= 0.3 is 0 Å². The number of benzene rings is 1. The van der Waals surface area contributed by atoms with Crippen molar-refractivity contribution in [2.45, 2.75) is 24.0 Å². The van der Waals surface area contributed by atoms with Crippen molar-refractivity contribution in [2.24, 2.45) is 5.73 Å². The van der Waals surface area contributed by atoms with Gasteiger partial charge in [-0.2, -0.15) is 11.8 Å². The van der Waals surface area contributed by atoms with Crippen LogP contribution in [0.3, 0.4) is 0 Å². The average Bonchev–Trinajstić information content (AvgIpc) is 2.54. The highest BCUT2D eigenvalue weighted by atomic mass is 32.2. The Bertz CT molecular complexity index is 393. The first-order valence-corrected chi connectivity index (χ1v) is 8.54. The fraction of sp³-hybridized carbons (Fsp3) is 0.625. The molecule has 1 heterocycles.